The van der Waals surface area contributed by atoms with Crippen molar-refractivity contribution in [2.75, 3.05) is 0 Å². The molecule has 1 amide bonds. The van der Waals surface area contributed by atoms with E-state index in [4.69, 9.17) is 5.73 Å². The van der Waals surface area contributed by atoms with Crippen LogP contribution in [0.3, 0.4) is 0 Å². The summed E-state index contributed by atoms with van der Waals surface area (Å²) in [5.41, 5.74) is 7.14. The Morgan fingerprint density at radius 1 is 1.46 bits per heavy atom. The van der Waals surface area contributed by atoms with Crippen LogP contribution in [0.1, 0.15) is 34.7 Å². The Balaban J connectivity index is 2.47. The minimum Gasteiger partial charge on any atom is -0.366 e. The monoisotopic (exact) mass is 287 g/mol. The first-order valence-corrected chi connectivity index (χ1v) is 5.35. The summed E-state index contributed by atoms with van der Waals surface area (Å²) in [6, 6.07) is 5.93. The van der Waals surface area contributed by atoms with Crippen LogP contribution in [0.4, 0.5) is 0 Å². The lowest BCUT2D eigenvalue weighted by molar-refractivity contribution is 0.0999. The van der Waals surface area contributed by atoms with Crippen LogP contribution < -0.4 is 5.73 Å². The van der Waals surface area contributed by atoms with Crippen LogP contribution in [0.2, 0.25) is 0 Å². The summed E-state index contributed by atoms with van der Waals surface area (Å²) in [4.78, 5) is 11.1. The van der Waals surface area contributed by atoms with Crippen LogP contribution >= 0.6 is 22.6 Å². The molecule has 1 fully saturated rings. The molecule has 0 heterocycles. The van der Waals surface area contributed by atoms with Gasteiger partial charge in [-0.1, -0.05) is 6.07 Å². The van der Waals surface area contributed by atoms with E-state index in [0.29, 0.717) is 11.5 Å². The Kier molecular flexibility index (Phi) is 2.27. The normalized spacial score (nSPS) is 15.8. The van der Waals surface area contributed by atoms with E-state index in [1.165, 1.54) is 12.8 Å². The molecule has 1 aliphatic rings. The van der Waals surface area contributed by atoms with Gasteiger partial charge in [-0.05, 0) is 59.0 Å². The van der Waals surface area contributed by atoms with E-state index in [1.54, 1.807) is 0 Å². The fourth-order valence-corrected chi connectivity index (χ4v) is 1.98. The van der Waals surface area contributed by atoms with Gasteiger partial charge in [-0.25, -0.2) is 0 Å². The highest BCUT2D eigenvalue weighted by Gasteiger charge is 2.27. The van der Waals surface area contributed by atoms with Gasteiger partial charge in [-0.2, -0.15) is 0 Å². The molecule has 68 valence electrons. The van der Waals surface area contributed by atoms with Crippen molar-refractivity contribution < 1.29 is 4.79 Å². The molecule has 3 heteroatoms. The minimum atomic E-state index is -0.305. The van der Waals surface area contributed by atoms with Crippen molar-refractivity contribution >= 4 is 28.5 Å². The predicted octanol–water partition coefficient (Wildman–Crippen LogP) is 2.27. The summed E-state index contributed by atoms with van der Waals surface area (Å²) < 4.78 is 1.07. The number of hydrogen-bond donors (Lipinski definition) is 1. The third-order valence-corrected chi connectivity index (χ3v) is 2.97. The number of primary amides is 1. The van der Waals surface area contributed by atoms with Gasteiger partial charge < -0.3 is 5.73 Å². The lowest BCUT2D eigenvalue weighted by atomic mass is 10.0. The number of rotatable bonds is 2. The Morgan fingerprint density at radius 2 is 2.15 bits per heavy atom. The van der Waals surface area contributed by atoms with E-state index >= 15 is 0 Å². The molecule has 0 atom stereocenters. The number of carbonyl (C=O) groups is 1. The maximum absolute atomic E-state index is 11.1. The van der Waals surface area contributed by atoms with Crippen LogP contribution in [-0.2, 0) is 0 Å². The summed E-state index contributed by atoms with van der Waals surface area (Å²) in [5.74, 6) is 0.278. The molecular weight excluding hydrogens is 277 g/mol. The Bertz CT molecular complexity index is 358. The lowest BCUT2D eigenvalue weighted by Crippen LogP contribution is -2.13. The molecule has 13 heavy (non-hydrogen) atoms. The molecule has 0 aromatic heterocycles. The van der Waals surface area contributed by atoms with E-state index in [-0.39, 0.29) is 5.91 Å². The number of amides is 1. The van der Waals surface area contributed by atoms with Crippen molar-refractivity contribution in [1.82, 2.24) is 0 Å². The van der Waals surface area contributed by atoms with E-state index in [1.807, 2.05) is 18.2 Å². The van der Waals surface area contributed by atoms with Crippen molar-refractivity contribution in [2.45, 2.75) is 18.8 Å². The average molecular weight is 287 g/mol. The first kappa shape index (κ1) is 8.99. The van der Waals surface area contributed by atoms with Gasteiger partial charge in [0.1, 0.15) is 0 Å². The maximum Gasteiger partial charge on any atom is 0.249 e. The van der Waals surface area contributed by atoms with E-state index in [9.17, 15) is 4.79 Å². The van der Waals surface area contributed by atoms with Crippen molar-refractivity contribution in [3.63, 3.8) is 0 Å². The molecule has 0 unspecified atom stereocenters. The molecule has 0 aliphatic heterocycles. The van der Waals surface area contributed by atoms with Gasteiger partial charge in [-0.15, -0.1) is 0 Å². The molecule has 2 nitrogen and oxygen atoms in total. The van der Waals surface area contributed by atoms with E-state index in [0.717, 1.165) is 9.13 Å². The Morgan fingerprint density at radius 3 is 2.69 bits per heavy atom. The molecule has 2 N–H and O–H groups in total. The second-order valence-electron chi connectivity index (χ2n) is 3.37. The summed E-state index contributed by atoms with van der Waals surface area (Å²) in [7, 11) is 0. The van der Waals surface area contributed by atoms with Crippen LogP contribution in [-0.4, -0.2) is 5.91 Å². The first-order chi connectivity index (χ1) is 6.18. The largest absolute Gasteiger partial charge is 0.366 e. The summed E-state index contributed by atoms with van der Waals surface area (Å²) in [5, 5.41) is 0. The molecule has 0 saturated heterocycles. The van der Waals surface area contributed by atoms with Crippen LogP contribution in [0, 0.1) is 3.57 Å². The van der Waals surface area contributed by atoms with Gasteiger partial charge >= 0.3 is 0 Å². The van der Waals surface area contributed by atoms with Crippen molar-refractivity contribution in [3.8, 4) is 0 Å². The summed E-state index contributed by atoms with van der Waals surface area (Å²) in [6.07, 6.45) is 2.39. The number of carbonyl (C=O) groups excluding carboxylic acids is 1. The molecule has 2 rings (SSSR count). The fraction of sp³-hybridized carbons (Fsp3) is 0.300. The maximum atomic E-state index is 11.1. The van der Waals surface area contributed by atoms with Gasteiger partial charge in [-0.3, -0.25) is 4.79 Å². The predicted molar refractivity (Wildman–Crippen MR) is 59.7 cm³/mol. The van der Waals surface area contributed by atoms with Gasteiger partial charge in [0.25, 0.3) is 0 Å². The van der Waals surface area contributed by atoms with Gasteiger partial charge in [0, 0.05) is 9.13 Å². The highest BCUT2D eigenvalue weighted by molar-refractivity contribution is 14.1. The second kappa shape index (κ2) is 3.29. The Hall–Kier alpha value is -0.580. The van der Waals surface area contributed by atoms with E-state index in [2.05, 4.69) is 22.6 Å². The summed E-state index contributed by atoms with van der Waals surface area (Å²) >= 11 is 2.19. The molecular formula is C10H10INO. The third kappa shape index (κ3) is 1.85. The minimum absolute atomic E-state index is 0.305. The average Bonchev–Trinajstić information content (AvgIpc) is 2.87. The first-order valence-electron chi connectivity index (χ1n) is 4.27. The van der Waals surface area contributed by atoms with Gasteiger partial charge in [0.15, 0.2) is 0 Å². The van der Waals surface area contributed by atoms with E-state index < -0.39 is 0 Å². The zero-order valence-corrected chi connectivity index (χ0v) is 9.24. The number of hydrogen-bond acceptors (Lipinski definition) is 1. The Labute approximate surface area is 90.6 Å². The second-order valence-corrected chi connectivity index (χ2v) is 4.62. The lowest BCUT2D eigenvalue weighted by Gasteiger charge is -2.04. The molecule has 0 bridgehead atoms. The molecule has 1 aromatic rings. The summed E-state index contributed by atoms with van der Waals surface area (Å²) in [6.45, 7) is 0. The van der Waals surface area contributed by atoms with Crippen molar-refractivity contribution in [2.24, 2.45) is 5.73 Å². The SMILES string of the molecule is NC(=O)c1cc(I)ccc1C1CC1. The molecule has 1 aliphatic carbocycles. The number of benzene rings is 1. The van der Waals surface area contributed by atoms with Crippen molar-refractivity contribution in [1.29, 1.82) is 0 Å². The highest BCUT2D eigenvalue weighted by atomic mass is 127. The van der Waals surface area contributed by atoms with Gasteiger partial charge in [0.2, 0.25) is 5.91 Å². The highest BCUT2D eigenvalue weighted by Crippen LogP contribution is 2.41. The fourth-order valence-electron chi connectivity index (χ4n) is 1.49. The number of nitrogens with two attached hydrogens (primary N) is 1. The standard InChI is InChI=1S/C10H10INO/c11-7-3-4-8(6-1-2-6)9(5-7)10(12)13/h3-6H,1-2H2,(H2,12,13). The van der Waals surface area contributed by atoms with Crippen LogP contribution in [0.5, 0.6) is 0 Å². The van der Waals surface area contributed by atoms with Gasteiger partial charge in [0.05, 0.1) is 0 Å². The molecule has 0 radical (unpaired) electrons. The zero-order chi connectivity index (χ0) is 9.42. The molecule has 1 aromatic carbocycles. The topological polar surface area (TPSA) is 43.1 Å². The zero-order valence-electron chi connectivity index (χ0n) is 7.09. The number of halogens is 1. The molecule has 0 spiro atoms. The third-order valence-electron chi connectivity index (χ3n) is 2.30. The van der Waals surface area contributed by atoms with Crippen molar-refractivity contribution in [3.05, 3.63) is 32.9 Å². The quantitative estimate of drug-likeness (QED) is 0.833. The smallest absolute Gasteiger partial charge is 0.249 e. The van der Waals surface area contributed by atoms with Crippen LogP contribution in [0.15, 0.2) is 18.2 Å². The van der Waals surface area contributed by atoms with Crippen LogP contribution in [0.25, 0.3) is 0 Å². The molecule has 1 saturated carbocycles.